The lowest BCUT2D eigenvalue weighted by molar-refractivity contribution is -0.131. The van der Waals surface area contributed by atoms with Crippen LogP contribution in [-0.4, -0.2) is 36.9 Å². The molecule has 1 atom stereocenters. The van der Waals surface area contributed by atoms with Gasteiger partial charge in [0.05, 0.1) is 4.88 Å². The van der Waals surface area contributed by atoms with Crippen LogP contribution in [0.2, 0.25) is 0 Å². The fraction of sp³-hybridized carbons (Fsp3) is 0.400. The van der Waals surface area contributed by atoms with E-state index in [2.05, 4.69) is 19.2 Å². The van der Waals surface area contributed by atoms with Crippen LogP contribution in [-0.2, 0) is 11.3 Å². The van der Waals surface area contributed by atoms with E-state index in [9.17, 15) is 9.59 Å². The maximum atomic E-state index is 12.3. The summed E-state index contributed by atoms with van der Waals surface area (Å²) >= 11 is 1.41. The van der Waals surface area contributed by atoms with Crippen molar-refractivity contribution in [2.45, 2.75) is 39.8 Å². The fourth-order valence-electron chi connectivity index (χ4n) is 2.81. The third-order valence-electron chi connectivity index (χ3n) is 4.43. The summed E-state index contributed by atoms with van der Waals surface area (Å²) in [4.78, 5) is 29.0. The number of rotatable bonds is 7. The zero-order chi connectivity index (χ0) is 19.3. The van der Waals surface area contributed by atoms with E-state index in [1.54, 1.807) is 13.0 Å². The highest BCUT2D eigenvalue weighted by Gasteiger charge is 2.18. The van der Waals surface area contributed by atoms with E-state index in [0.29, 0.717) is 11.4 Å². The first-order valence-electron chi connectivity index (χ1n) is 8.75. The minimum atomic E-state index is -0.117. The number of benzene rings is 1. The molecule has 2 amide bonds. The van der Waals surface area contributed by atoms with Gasteiger partial charge in [0.1, 0.15) is 0 Å². The predicted molar refractivity (Wildman–Crippen MR) is 109 cm³/mol. The van der Waals surface area contributed by atoms with Crippen molar-refractivity contribution in [2.75, 3.05) is 24.3 Å². The lowest BCUT2D eigenvalue weighted by Crippen LogP contribution is -2.36. The molecule has 0 saturated heterocycles. The minimum absolute atomic E-state index is 0.0529. The van der Waals surface area contributed by atoms with Gasteiger partial charge >= 0.3 is 0 Å². The molecule has 0 aliphatic carbocycles. The lowest BCUT2D eigenvalue weighted by atomic mass is 10.1. The van der Waals surface area contributed by atoms with E-state index in [4.69, 9.17) is 0 Å². The maximum Gasteiger partial charge on any atom is 0.265 e. The third kappa shape index (κ3) is 4.85. The minimum Gasteiger partial charge on any atom is -0.377 e. The van der Waals surface area contributed by atoms with Gasteiger partial charge in [-0.2, -0.15) is 0 Å². The zero-order valence-corrected chi connectivity index (χ0v) is 16.9. The SMILES string of the molecule is CC[C@@H](C)N(Cc1cc(NC(=O)c2cccs2)ccc1N(C)C)C(C)=O. The molecule has 0 aliphatic heterocycles. The van der Waals surface area contributed by atoms with Crippen LogP contribution in [0.5, 0.6) is 0 Å². The van der Waals surface area contributed by atoms with Gasteiger partial charge in [-0.1, -0.05) is 13.0 Å². The Morgan fingerprint density at radius 1 is 1.23 bits per heavy atom. The summed E-state index contributed by atoms with van der Waals surface area (Å²) in [7, 11) is 3.95. The number of carbonyl (C=O) groups is 2. The van der Waals surface area contributed by atoms with Crippen molar-refractivity contribution in [1.29, 1.82) is 0 Å². The van der Waals surface area contributed by atoms with Crippen molar-refractivity contribution in [2.24, 2.45) is 0 Å². The first kappa shape index (κ1) is 20.0. The van der Waals surface area contributed by atoms with Crippen LogP contribution in [0.4, 0.5) is 11.4 Å². The van der Waals surface area contributed by atoms with Crippen LogP contribution in [0.1, 0.15) is 42.4 Å². The second-order valence-corrected chi connectivity index (χ2v) is 7.52. The lowest BCUT2D eigenvalue weighted by Gasteiger charge is -2.29. The standard InChI is InChI=1S/C20H27N3O2S/c1-6-14(2)23(15(3)24)13-16-12-17(9-10-18(16)22(4)5)21-20(25)19-8-7-11-26-19/h7-12,14H,6,13H2,1-5H3,(H,21,25)/t14-/m1/s1. The highest BCUT2D eigenvalue weighted by atomic mass is 32.1. The highest BCUT2D eigenvalue weighted by molar-refractivity contribution is 7.12. The van der Waals surface area contributed by atoms with Crippen molar-refractivity contribution in [3.63, 3.8) is 0 Å². The summed E-state index contributed by atoms with van der Waals surface area (Å²) < 4.78 is 0. The Kier molecular flexibility index (Phi) is 6.80. The monoisotopic (exact) mass is 373 g/mol. The van der Waals surface area contributed by atoms with Gasteiger partial charge in [0.15, 0.2) is 0 Å². The summed E-state index contributed by atoms with van der Waals surface area (Å²) in [6, 6.07) is 9.65. The van der Waals surface area contributed by atoms with Crippen LogP contribution < -0.4 is 10.2 Å². The average molecular weight is 374 g/mol. The molecule has 26 heavy (non-hydrogen) atoms. The van der Waals surface area contributed by atoms with Crippen molar-refractivity contribution in [3.05, 3.63) is 46.2 Å². The summed E-state index contributed by atoms with van der Waals surface area (Å²) in [5.41, 5.74) is 2.78. The van der Waals surface area contributed by atoms with Crippen LogP contribution in [0, 0.1) is 0 Å². The molecule has 2 aromatic rings. The molecule has 0 saturated carbocycles. The van der Waals surface area contributed by atoms with Crippen molar-refractivity contribution >= 4 is 34.5 Å². The molecular formula is C20H27N3O2S. The van der Waals surface area contributed by atoms with Crippen molar-refractivity contribution in [1.82, 2.24) is 4.90 Å². The number of amides is 2. The molecule has 6 heteroatoms. The van der Waals surface area contributed by atoms with Crippen molar-refractivity contribution < 1.29 is 9.59 Å². The molecule has 140 valence electrons. The average Bonchev–Trinajstić information content (AvgIpc) is 3.13. The molecule has 0 radical (unpaired) electrons. The van der Waals surface area contributed by atoms with Gasteiger partial charge in [-0.05, 0) is 48.6 Å². The number of nitrogens with one attached hydrogen (secondary N) is 1. The predicted octanol–water partition coefficient (Wildman–Crippen LogP) is 4.21. The van der Waals surface area contributed by atoms with Crippen LogP contribution in [0.3, 0.4) is 0 Å². The second-order valence-electron chi connectivity index (χ2n) is 6.57. The van der Waals surface area contributed by atoms with E-state index < -0.39 is 0 Å². The normalized spacial score (nSPS) is 11.7. The Bertz CT molecular complexity index is 756. The highest BCUT2D eigenvalue weighted by Crippen LogP contribution is 2.26. The number of thiophene rings is 1. The number of hydrogen-bond donors (Lipinski definition) is 1. The molecule has 1 N–H and O–H groups in total. The molecule has 0 aliphatic rings. The molecule has 2 rings (SSSR count). The van der Waals surface area contributed by atoms with Gasteiger partial charge < -0.3 is 15.1 Å². The Morgan fingerprint density at radius 3 is 2.50 bits per heavy atom. The van der Waals surface area contributed by atoms with E-state index >= 15 is 0 Å². The number of carbonyl (C=O) groups excluding carboxylic acids is 2. The molecule has 1 heterocycles. The van der Waals surface area contributed by atoms with E-state index in [1.807, 2.05) is 53.5 Å². The molecule has 1 aromatic heterocycles. The second kappa shape index (κ2) is 8.85. The Morgan fingerprint density at radius 2 is 1.96 bits per heavy atom. The number of hydrogen-bond acceptors (Lipinski definition) is 4. The van der Waals surface area contributed by atoms with Gasteiger partial charge in [-0.3, -0.25) is 9.59 Å². The first-order chi connectivity index (χ1) is 12.3. The molecular weight excluding hydrogens is 346 g/mol. The van der Waals surface area contributed by atoms with Gasteiger partial charge in [-0.15, -0.1) is 11.3 Å². The number of nitrogens with zero attached hydrogens (tertiary/aromatic N) is 2. The fourth-order valence-corrected chi connectivity index (χ4v) is 3.43. The Labute approximate surface area is 159 Å². The van der Waals surface area contributed by atoms with E-state index in [0.717, 1.165) is 23.4 Å². The smallest absolute Gasteiger partial charge is 0.265 e. The first-order valence-corrected chi connectivity index (χ1v) is 9.63. The Balaban J connectivity index is 2.30. The van der Waals surface area contributed by atoms with Crippen molar-refractivity contribution in [3.8, 4) is 0 Å². The van der Waals surface area contributed by atoms with Crippen LogP contribution in [0.15, 0.2) is 35.7 Å². The van der Waals surface area contributed by atoms with Crippen LogP contribution >= 0.6 is 11.3 Å². The summed E-state index contributed by atoms with van der Waals surface area (Å²) in [6.07, 6.45) is 0.895. The summed E-state index contributed by atoms with van der Waals surface area (Å²) in [5.74, 6) is -0.0639. The van der Waals surface area contributed by atoms with Gasteiger partial charge in [0.2, 0.25) is 5.91 Å². The van der Waals surface area contributed by atoms with Crippen LogP contribution in [0.25, 0.3) is 0 Å². The molecule has 5 nitrogen and oxygen atoms in total. The van der Waals surface area contributed by atoms with E-state index in [-0.39, 0.29) is 17.9 Å². The van der Waals surface area contributed by atoms with Gasteiger partial charge in [0.25, 0.3) is 5.91 Å². The quantitative estimate of drug-likeness (QED) is 0.791. The molecule has 0 spiro atoms. The molecule has 0 fully saturated rings. The van der Waals surface area contributed by atoms with Gasteiger partial charge in [-0.25, -0.2) is 0 Å². The number of anilines is 2. The van der Waals surface area contributed by atoms with E-state index in [1.165, 1.54) is 11.3 Å². The zero-order valence-electron chi connectivity index (χ0n) is 16.1. The topological polar surface area (TPSA) is 52.7 Å². The molecule has 1 aromatic carbocycles. The Hall–Kier alpha value is -2.34. The molecule has 0 bridgehead atoms. The maximum absolute atomic E-state index is 12.3. The third-order valence-corrected chi connectivity index (χ3v) is 5.30. The summed E-state index contributed by atoms with van der Waals surface area (Å²) in [5, 5.41) is 4.83. The largest absolute Gasteiger partial charge is 0.377 e. The molecule has 0 unspecified atom stereocenters. The summed E-state index contributed by atoms with van der Waals surface area (Å²) in [6.45, 7) is 6.24. The van der Waals surface area contributed by atoms with Gasteiger partial charge in [0, 0.05) is 45.0 Å².